The molecule has 0 spiro atoms. The summed E-state index contributed by atoms with van der Waals surface area (Å²) in [7, 11) is 0. The molecule has 1 aliphatic heterocycles. The number of benzene rings is 2. The summed E-state index contributed by atoms with van der Waals surface area (Å²) in [6, 6.07) is 9.73. The zero-order valence-corrected chi connectivity index (χ0v) is 12.8. The van der Waals surface area contributed by atoms with Gasteiger partial charge in [-0.1, -0.05) is 35.3 Å². The molecular formula is C16H15Cl2NO. The molecule has 2 aromatic rings. The van der Waals surface area contributed by atoms with Crippen LogP contribution in [0.5, 0.6) is 5.75 Å². The molecule has 0 saturated carbocycles. The Balaban J connectivity index is 1.96. The largest absolute Gasteiger partial charge is 0.481 e. The average Bonchev–Trinajstić information content (AvgIpc) is 2.38. The fourth-order valence-electron chi connectivity index (χ4n) is 2.56. The predicted molar refractivity (Wildman–Crippen MR) is 84.2 cm³/mol. The minimum Gasteiger partial charge on any atom is -0.481 e. The molecule has 20 heavy (non-hydrogen) atoms. The van der Waals surface area contributed by atoms with Gasteiger partial charge in [0.1, 0.15) is 11.9 Å². The first-order chi connectivity index (χ1) is 9.54. The summed E-state index contributed by atoms with van der Waals surface area (Å²) in [5.41, 5.74) is 4.35. The van der Waals surface area contributed by atoms with E-state index in [0.29, 0.717) is 16.6 Å². The van der Waals surface area contributed by atoms with E-state index in [2.05, 4.69) is 31.3 Å². The fourth-order valence-corrected chi connectivity index (χ4v) is 3.09. The van der Waals surface area contributed by atoms with Crippen LogP contribution >= 0.6 is 23.2 Å². The number of fused-ring (bicyclic) bond motifs is 1. The third kappa shape index (κ3) is 2.46. The van der Waals surface area contributed by atoms with Crippen LogP contribution in [0.2, 0.25) is 10.0 Å². The lowest BCUT2D eigenvalue weighted by Crippen LogP contribution is -2.24. The van der Waals surface area contributed by atoms with Crippen molar-refractivity contribution in [3.63, 3.8) is 0 Å². The number of aryl methyl sites for hydroxylation is 2. The summed E-state index contributed by atoms with van der Waals surface area (Å²) >= 11 is 12.2. The van der Waals surface area contributed by atoms with Gasteiger partial charge in [0.25, 0.3) is 0 Å². The van der Waals surface area contributed by atoms with Gasteiger partial charge in [0, 0.05) is 15.6 Å². The van der Waals surface area contributed by atoms with Crippen LogP contribution in [-0.2, 0) is 0 Å². The van der Waals surface area contributed by atoms with Gasteiger partial charge >= 0.3 is 0 Å². The van der Waals surface area contributed by atoms with E-state index < -0.39 is 0 Å². The molecule has 0 fully saturated rings. The molecule has 4 heteroatoms. The number of anilines is 1. The van der Waals surface area contributed by atoms with E-state index in [0.717, 1.165) is 22.6 Å². The molecule has 1 N–H and O–H groups in total. The molecule has 0 aromatic heterocycles. The predicted octanol–water partition coefficient (Wildman–Crippen LogP) is 5.16. The maximum Gasteiger partial charge on any atom is 0.146 e. The van der Waals surface area contributed by atoms with Gasteiger partial charge in [-0.05, 0) is 43.2 Å². The molecule has 1 aliphatic rings. The van der Waals surface area contributed by atoms with Crippen molar-refractivity contribution in [1.29, 1.82) is 0 Å². The van der Waals surface area contributed by atoms with E-state index in [1.807, 2.05) is 12.1 Å². The molecule has 1 heterocycles. The Morgan fingerprint density at radius 3 is 2.70 bits per heavy atom. The first-order valence-corrected chi connectivity index (χ1v) is 7.27. The fraction of sp³-hybridized carbons (Fsp3) is 0.250. The van der Waals surface area contributed by atoms with E-state index in [9.17, 15) is 0 Å². The summed E-state index contributed by atoms with van der Waals surface area (Å²) in [5.74, 6) is 0.901. The first-order valence-electron chi connectivity index (χ1n) is 6.51. The lowest BCUT2D eigenvalue weighted by Gasteiger charge is -2.29. The summed E-state index contributed by atoms with van der Waals surface area (Å²) < 4.78 is 6.13. The van der Waals surface area contributed by atoms with Crippen LogP contribution in [-0.4, -0.2) is 6.54 Å². The van der Waals surface area contributed by atoms with Crippen LogP contribution in [0.15, 0.2) is 30.3 Å². The second-order valence-corrected chi connectivity index (χ2v) is 5.96. The van der Waals surface area contributed by atoms with E-state index in [-0.39, 0.29) is 6.10 Å². The van der Waals surface area contributed by atoms with Gasteiger partial charge in [0.05, 0.1) is 12.2 Å². The molecule has 3 rings (SSSR count). The molecule has 0 saturated heterocycles. The summed E-state index contributed by atoms with van der Waals surface area (Å²) in [4.78, 5) is 0. The molecular weight excluding hydrogens is 293 g/mol. The molecule has 2 nitrogen and oxygen atoms in total. The third-order valence-corrected chi connectivity index (χ3v) is 4.03. The highest BCUT2D eigenvalue weighted by atomic mass is 35.5. The Morgan fingerprint density at radius 1 is 1.15 bits per heavy atom. The van der Waals surface area contributed by atoms with Gasteiger partial charge in [-0.25, -0.2) is 0 Å². The highest BCUT2D eigenvalue weighted by Gasteiger charge is 2.24. The molecule has 0 bridgehead atoms. The molecule has 0 amide bonds. The topological polar surface area (TPSA) is 21.3 Å². The Labute approximate surface area is 128 Å². The zero-order chi connectivity index (χ0) is 14.3. The molecule has 1 unspecified atom stereocenters. The first kappa shape index (κ1) is 13.6. The monoisotopic (exact) mass is 307 g/mol. The Kier molecular flexibility index (Phi) is 3.53. The van der Waals surface area contributed by atoms with E-state index in [4.69, 9.17) is 27.9 Å². The van der Waals surface area contributed by atoms with Crippen LogP contribution in [0.1, 0.15) is 22.8 Å². The second-order valence-electron chi connectivity index (χ2n) is 5.11. The van der Waals surface area contributed by atoms with Crippen molar-refractivity contribution in [3.05, 3.63) is 57.1 Å². The minimum absolute atomic E-state index is 0.103. The highest BCUT2D eigenvalue weighted by Crippen LogP contribution is 2.39. The van der Waals surface area contributed by atoms with Crippen molar-refractivity contribution in [3.8, 4) is 5.75 Å². The quantitative estimate of drug-likeness (QED) is 0.786. The number of hydrogen-bond acceptors (Lipinski definition) is 2. The summed E-state index contributed by atoms with van der Waals surface area (Å²) in [6.45, 7) is 4.83. The van der Waals surface area contributed by atoms with E-state index in [1.54, 1.807) is 6.07 Å². The van der Waals surface area contributed by atoms with Gasteiger partial charge in [-0.2, -0.15) is 0 Å². The third-order valence-electron chi connectivity index (χ3n) is 3.47. The number of hydrogen-bond donors (Lipinski definition) is 1. The second kappa shape index (κ2) is 5.19. The molecule has 0 aliphatic carbocycles. The smallest absolute Gasteiger partial charge is 0.146 e. The van der Waals surface area contributed by atoms with Gasteiger partial charge in [0.15, 0.2) is 0 Å². The zero-order valence-electron chi connectivity index (χ0n) is 11.3. The highest BCUT2D eigenvalue weighted by molar-refractivity contribution is 6.35. The van der Waals surface area contributed by atoms with E-state index >= 15 is 0 Å². The molecule has 104 valence electrons. The molecule has 2 aromatic carbocycles. The van der Waals surface area contributed by atoms with E-state index in [1.165, 1.54) is 5.56 Å². The maximum atomic E-state index is 6.26. The Hall–Kier alpha value is -1.38. The number of rotatable bonds is 1. The summed E-state index contributed by atoms with van der Waals surface area (Å²) in [5, 5.41) is 4.69. The van der Waals surface area contributed by atoms with Crippen LogP contribution in [0.25, 0.3) is 0 Å². The van der Waals surface area contributed by atoms with Crippen LogP contribution < -0.4 is 10.1 Å². The normalized spacial score (nSPS) is 17.1. The van der Waals surface area contributed by atoms with Crippen LogP contribution in [0.4, 0.5) is 5.69 Å². The minimum atomic E-state index is -0.103. The Morgan fingerprint density at radius 2 is 1.95 bits per heavy atom. The lowest BCUT2D eigenvalue weighted by molar-refractivity contribution is 0.209. The lowest BCUT2D eigenvalue weighted by atomic mass is 10.0. The van der Waals surface area contributed by atoms with Crippen molar-refractivity contribution in [2.75, 3.05) is 11.9 Å². The molecule has 0 radical (unpaired) electrons. The van der Waals surface area contributed by atoms with Gasteiger partial charge in [-0.3, -0.25) is 0 Å². The van der Waals surface area contributed by atoms with Crippen LogP contribution in [0.3, 0.4) is 0 Å². The molecule has 1 atom stereocenters. The van der Waals surface area contributed by atoms with Gasteiger partial charge < -0.3 is 10.1 Å². The van der Waals surface area contributed by atoms with Crippen molar-refractivity contribution in [2.45, 2.75) is 20.0 Å². The van der Waals surface area contributed by atoms with Gasteiger partial charge in [0.2, 0.25) is 0 Å². The van der Waals surface area contributed by atoms with Crippen LogP contribution in [0, 0.1) is 13.8 Å². The van der Waals surface area contributed by atoms with Gasteiger partial charge in [-0.15, -0.1) is 0 Å². The average molecular weight is 308 g/mol. The standard InChI is InChI=1S/C16H15Cl2NO/c1-9-5-10(2)16-14(6-9)19-8-15(20-16)12-4-3-11(17)7-13(12)18/h3-7,15,19H,8H2,1-2H3. The maximum absolute atomic E-state index is 6.26. The SMILES string of the molecule is Cc1cc(C)c2c(c1)NCC(c1ccc(Cl)cc1Cl)O2. The van der Waals surface area contributed by atoms with Crippen molar-refractivity contribution >= 4 is 28.9 Å². The van der Waals surface area contributed by atoms with Crippen molar-refractivity contribution in [1.82, 2.24) is 0 Å². The Bertz CT molecular complexity index is 670. The number of halogens is 2. The number of nitrogens with one attached hydrogen (secondary N) is 1. The van der Waals surface area contributed by atoms with Crippen molar-refractivity contribution < 1.29 is 4.74 Å². The number of ether oxygens (including phenoxy) is 1. The summed E-state index contributed by atoms with van der Waals surface area (Å²) in [6.07, 6.45) is -0.103. The van der Waals surface area contributed by atoms with Crippen molar-refractivity contribution in [2.24, 2.45) is 0 Å².